The first-order valence-corrected chi connectivity index (χ1v) is 4.76. The summed E-state index contributed by atoms with van der Waals surface area (Å²) in [6.07, 6.45) is 9.58. The van der Waals surface area contributed by atoms with Crippen LogP contribution in [0.4, 0.5) is 0 Å². The molecule has 3 heteroatoms. The molecule has 0 spiro atoms. The number of allylic oxidation sites excluding steroid dienone is 4. The van der Waals surface area contributed by atoms with Crippen LogP contribution < -0.4 is 0 Å². The second-order valence-electron chi connectivity index (χ2n) is 3.79. The maximum atomic E-state index is 10.1. The Morgan fingerprint density at radius 1 is 1.54 bits per heavy atom. The minimum atomic E-state index is -0.233. The third-order valence-corrected chi connectivity index (χ3v) is 2.83. The summed E-state index contributed by atoms with van der Waals surface area (Å²) in [7, 11) is 0. The number of nitro groups is 1. The van der Waals surface area contributed by atoms with Crippen LogP contribution in [0.1, 0.15) is 19.3 Å². The third-order valence-electron chi connectivity index (χ3n) is 2.83. The predicted molar refractivity (Wildman–Crippen MR) is 49.9 cm³/mol. The van der Waals surface area contributed by atoms with Gasteiger partial charge in [0, 0.05) is 11.3 Å². The summed E-state index contributed by atoms with van der Waals surface area (Å²) < 4.78 is 0. The Balaban J connectivity index is 1.78. The minimum Gasteiger partial charge on any atom is -0.265 e. The average molecular weight is 179 g/mol. The van der Waals surface area contributed by atoms with E-state index >= 15 is 0 Å². The molecule has 2 rings (SSSR count). The van der Waals surface area contributed by atoms with Crippen molar-refractivity contribution in [1.29, 1.82) is 0 Å². The van der Waals surface area contributed by atoms with Gasteiger partial charge in [-0.1, -0.05) is 23.8 Å². The molecule has 2 aliphatic carbocycles. The van der Waals surface area contributed by atoms with Crippen LogP contribution in [0.15, 0.2) is 23.8 Å². The van der Waals surface area contributed by atoms with Crippen molar-refractivity contribution in [3.05, 3.63) is 33.9 Å². The molecule has 0 aromatic heterocycles. The van der Waals surface area contributed by atoms with Crippen molar-refractivity contribution in [2.24, 2.45) is 11.8 Å². The minimum absolute atomic E-state index is 0.110. The van der Waals surface area contributed by atoms with Crippen molar-refractivity contribution in [2.45, 2.75) is 19.3 Å². The molecule has 0 saturated heterocycles. The smallest absolute Gasteiger partial charge is 0.204 e. The molecule has 0 saturated carbocycles. The summed E-state index contributed by atoms with van der Waals surface area (Å²) in [6.45, 7) is 0.110. The van der Waals surface area contributed by atoms with E-state index in [0.29, 0.717) is 18.3 Å². The molecule has 0 N–H and O–H groups in total. The van der Waals surface area contributed by atoms with E-state index in [1.165, 1.54) is 12.0 Å². The van der Waals surface area contributed by atoms with Crippen molar-refractivity contribution in [3.63, 3.8) is 0 Å². The van der Waals surface area contributed by atoms with Gasteiger partial charge in [-0.15, -0.1) is 0 Å². The Hall–Kier alpha value is -1.12. The molecule has 0 heterocycles. The lowest BCUT2D eigenvalue weighted by Gasteiger charge is -2.07. The van der Waals surface area contributed by atoms with Gasteiger partial charge in [0.05, 0.1) is 0 Å². The highest BCUT2D eigenvalue weighted by atomic mass is 16.6. The van der Waals surface area contributed by atoms with Crippen molar-refractivity contribution >= 4 is 0 Å². The summed E-state index contributed by atoms with van der Waals surface area (Å²) in [6, 6.07) is 0. The maximum Gasteiger partial charge on any atom is 0.204 e. The zero-order valence-electron chi connectivity index (χ0n) is 7.48. The fourth-order valence-electron chi connectivity index (χ4n) is 2.21. The van der Waals surface area contributed by atoms with Crippen LogP contribution in [0.5, 0.6) is 0 Å². The molecule has 3 nitrogen and oxygen atoms in total. The van der Waals surface area contributed by atoms with E-state index in [-0.39, 0.29) is 11.5 Å². The van der Waals surface area contributed by atoms with Gasteiger partial charge in [0.1, 0.15) is 0 Å². The summed E-state index contributed by atoms with van der Waals surface area (Å²) in [5.74, 6) is 1.24. The summed E-state index contributed by atoms with van der Waals surface area (Å²) >= 11 is 0. The lowest BCUT2D eigenvalue weighted by Crippen LogP contribution is -2.02. The first-order valence-electron chi connectivity index (χ1n) is 4.76. The van der Waals surface area contributed by atoms with Gasteiger partial charge in [0.2, 0.25) is 6.54 Å². The van der Waals surface area contributed by atoms with E-state index in [4.69, 9.17) is 0 Å². The third kappa shape index (κ3) is 1.79. The molecular weight excluding hydrogens is 166 g/mol. The average Bonchev–Trinajstić information content (AvgIpc) is 2.64. The molecule has 0 unspecified atom stereocenters. The zero-order valence-corrected chi connectivity index (χ0v) is 7.48. The van der Waals surface area contributed by atoms with Gasteiger partial charge in [0.15, 0.2) is 0 Å². The van der Waals surface area contributed by atoms with Crippen molar-refractivity contribution < 1.29 is 4.92 Å². The largest absolute Gasteiger partial charge is 0.265 e. The molecule has 0 amide bonds. The number of hydrogen-bond donors (Lipinski definition) is 0. The monoisotopic (exact) mass is 179 g/mol. The normalized spacial score (nSPS) is 29.4. The van der Waals surface area contributed by atoms with E-state index in [1.807, 2.05) is 0 Å². The highest BCUT2D eigenvalue weighted by Gasteiger charge is 2.27. The van der Waals surface area contributed by atoms with Gasteiger partial charge >= 0.3 is 0 Å². The van der Waals surface area contributed by atoms with E-state index in [0.717, 1.165) is 6.42 Å². The Bertz CT molecular complexity index is 281. The molecule has 2 bridgehead atoms. The van der Waals surface area contributed by atoms with Crippen LogP contribution in [-0.2, 0) is 0 Å². The Morgan fingerprint density at radius 2 is 2.38 bits per heavy atom. The standard InChI is InChI=1S/C10H13NO2/c12-11(13)5-1-2-9-6-8-3-4-10(9)7-8/h3-4,6,8,10H,1-2,5,7H2/t8-,10-/m0/s1. The summed E-state index contributed by atoms with van der Waals surface area (Å²) in [4.78, 5) is 9.87. The van der Waals surface area contributed by atoms with Crippen LogP contribution in [0, 0.1) is 22.0 Å². The van der Waals surface area contributed by atoms with Crippen LogP contribution >= 0.6 is 0 Å². The highest BCUT2D eigenvalue weighted by molar-refractivity contribution is 5.29. The van der Waals surface area contributed by atoms with Gasteiger partial charge in [-0.25, -0.2) is 0 Å². The van der Waals surface area contributed by atoms with Crippen LogP contribution in [-0.4, -0.2) is 11.5 Å². The molecule has 2 atom stereocenters. The molecule has 2 aliphatic rings. The van der Waals surface area contributed by atoms with E-state index in [9.17, 15) is 10.1 Å². The first kappa shape index (κ1) is 8.48. The van der Waals surface area contributed by atoms with E-state index < -0.39 is 0 Å². The van der Waals surface area contributed by atoms with Gasteiger partial charge in [0.25, 0.3) is 0 Å². The topological polar surface area (TPSA) is 43.1 Å². The van der Waals surface area contributed by atoms with Crippen molar-refractivity contribution in [2.75, 3.05) is 6.54 Å². The van der Waals surface area contributed by atoms with Crippen LogP contribution in [0.25, 0.3) is 0 Å². The molecule has 0 aromatic carbocycles. The Labute approximate surface area is 77.3 Å². The molecule has 13 heavy (non-hydrogen) atoms. The Morgan fingerprint density at radius 3 is 2.92 bits per heavy atom. The number of hydrogen-bond acceptors (Lipinski definition) is 2. The van der Waals surface area contributed by atoms with Crippen LogP contribution in [0.2, 0.25) is 0 Å². The van der Waals surface area contributed by atoms with Crippen molar-refractivity contribution in [1.82, 2.24) is 0 Å². The van der Waals surface area contributed by atoms with E-state index in [2.05, 4.69) is 18.2 Å². The molecule has 0 aromatic rings. The maximum absolute atomic E-state index is 10.1. The molecule has 0 aliphatic heterocycles. The predicted octanol–water partition coefficient (Wildman–Crippen LogP) is 2.18. The molecule has 0 radical (unpaired) electrons. The number of rotatable bonds is 4. The second-order valence-corrected chi connectivity index (χ2v) is 3.79. The number of nitrogens with zero attached hydrogens (tertiary/aromatic N) is 1. The summed E-state index contributed by atoms with van der Waals surface area (Å²) in [5.41, 5.74) is 1.43. The van der Waals surface area contributed by atoms with Gasteiger partial charge < -0.3 is 0 Å². The molecule has 0 fully saturated rings. The van der Waals surface area contributed by atoms with E-state index in [1.54, 1.807) is 0 Å². The summed E-state index contributed by atoms with van der Waals surface area (Å²) in [5, 5.41) is 10.1. The van der Waals surface area contributed by atoms with Crippen LogP contribution in [0.3, 0.4) is 0 Å². The van der Waals surface area contributed by atoms with Gasteiger partial charge in [-0.2, -0.15) is 0 Å². The second kappa shape index (κ2) is 3.32. The number of fused-ring (bicyclic) bond motifs is 2. The fourth-order valence-corrected chi connectivity index (χ4v) is 2.21. The van der Waals surface area contributed by atoms with Gasteiger partial charge in [-0.3, -0.25) is 10.1 Å². The lowest BCUT2D eigenvalue weighted by molar-refractivity contribution is -0.480. The van der Waals surface area contributed by atoms with Gasteiger partial charge in [-0.05, 0) is 24.7 Å². The molecule has 70 valence electrons. The quantitative estimate of drug-likeness (QED) is 0.377. The first-order chi connectivity index (χ1) is 6.25. The fraction of sp³-hybridized carbons (Fsp3) is 0.600. The lowest BCUT2D eigenvalue weighted by atomic mass is 9.99. The Kier molecular flexibility index (Phi) is 2.17. The highest BCUT2D eigenvalue weighted by Crippen LogP contribution is 2.39. The molecular formula is C10H13NO2. The zero-order chi connectivity index (χ0) is 9.26. The SMILES string of the molecule is O=[N+]([O-])CCCC1=C[C@@H]2C=C[C@H]1C2. The van der Waals surface area contributed by atoms with Crippen molar-refractivity contribution in [3.8, 4) is 0 Å².